The Morgan fingerprint density at radius 2 is 1.76 bits per heavy atom. The van der Waals surface area contributed by atoms with Crippen LogP contribution >= 0.6 is 0 Å². The highest BCUT2D eigenvalue weighted by Gasteiger charge is 2.17. The minimum atomic E-state index is 0.305. The van der Waals surface area contributed by atoms with E-state index in [-0.39, 0.29) is 0 Å². The Bertz CT molecular complexity index is 1120. The highest BCUT2D eigenvalue weighted by Crippen LogP contribution is 2.31. The minimum Gasteiger partial charge on any atom is -0.494 e. The molecule has 0 saturated heterocycles. The van der Waals surface area contributed by atoms with Crippen LogP contribution in [0.2, 0.25) is 0 Å². The summed E-state index contributed by atoms with van der Waals surface area (Å²) in [5.41, 5.74) is 6.03. The lowest BCUT2D eigenvalue weighted by Crippen LogP contribution is -2.05. The van der Waals surface area contributed by atoms with Crippen molar-refractivity contribution in [1.29, 1.82) is 0 Å². The Kier molecular flexibility index (Phi) is 5.21. The van der Waals surface area contributed by atoms with Crippen molar-refractivity contribution < 1.29 is 4.74 Å². The number of anilines is 2. The van der Waals surface area contributed by atoms with Crippen molar-refractivity contribution in [3.05, 3.63) is 72.1 Å². The predicted octanol–water partition coefficient (Wildman–Crippen LogP) is 5.97. The maximum atomic E-state index is 5.54. The summed E-state index contributed by atoms with van der Waals surface area (Å²) in [6, 6.07) is 20.4. The van der Waals surface area contributed by atoms with Gasteiger partial charge in [0.05, 0.1) is 12.3 Å². The van der Waals surface area contributed by atoms with Crippen molar-refractivity contribution in [2.45, 2.75) is 33.6 Å². The van der Waals surface area contributed by atoms with Crippen LogP contribution in [-0.4, -0.2) is 21.2 Å². The Hall–Kier alpha value is -3.34. The second kappa shape index (κ2) is 7.95. The third-order valence-corrected chi connectivity index (χ3v) is 4.88. The van der Waals surface area contributed by atoms with Crippen molar-refractivity contribution in [3.8, 4) is 16.9 Å². The first-order valence-electron chi connectivity index (χ1n) is 10.0. The summed E-state index contributed by atoms with van der Waals surface area (Å²) in [5, 5.41) is 8.31. The van der Waals surface area contributed by atoms with E-state index in [4.69, 9.17) is 14.8 Å². The Morgan fingerprint density at radius 3 is 2.41 bits per heavy atom. The molecule has 0 aliphatic carbocycles. The van der Waals surface area contributed by atoms with Crippen LogP contribution in [0.1, 0.15) is 38.1 Å². The molecule has 5 heteroatoms. The SMILES string of the molecule is CCOc1ccc(Nc2cc(C(C)C)nc3c(-c4ccccc4)c(C)nn23)cc1. The van der Waals surface area contributed by atoms with Crippen LogP contribution in [0.5, 0.6) is 5.75 Å². The fraction of sp³-hybridized carbons (Fsp3) is 0.250. The third kappa shape index (κ3) is 3.81. The monoisotopic (exact) mass is 386 g/mol. The molecule has 0 aliphatic rings. The number of fused-ring (bicyclic) bond motifs is 1. The van der Waals surface area contributed by atoms with Crippen LogP contribution in [0.25, 0.3) is 16.8 Å². The molecule has 0 unspecified atom stereocenters. The van der Waals surface area contributed by atoms with E-state index < -0.39 is 0 Å². The number of hydrogen-bond donors (Lipinski definition) is 1. The molecule has 1 N–H and O–H groups in total. The predicted molar refractivity (Wildman–Crippen MR) is 118 cm³/mol. The van der Waals surface area contributed by atoms with E-state index in [1.165, 1.54) is 0 Å². The zero-order chi connectivity index (χ0) is 20.4. The van der Waals surface area contributed by atoms with Crippen molar-refractivity contribution in [3.63, 3.8) is 0 Å². The lowest BCUT2D eigenvalue weighted by atomic mass is 10.1. The van der Waals surface area contributed by atoms with Gasteiger partial charge in [-0.2, -0.15) is 9.61 Å². The first-order chi connectivity index (χ1) is 14.1. The maximum Gasteiger partial charge on any atom is 0.165 e. The molecule has 0 radical (unpaired) electrons. The molecule has 4 aromatic rings. The summed E-state index contributed by atoms with van der Waals surface area (Å²) >= 11 is 0. The molecular weight excluding hydrogens is 360 g/mol. The second-order valence-corrected chi connectivity index (χ2v) is 7.37. The molecule has 29 heavy (non-hydrogen) atoms. The van der Waals surface area contributed by atoms with Crippen LogP contribution in [0.15, 0.2) is 60.7 Å². The van der Waals surface area contributed by atoms with Crippen LogP contribution in [-0.2, 0) is 0 Å². The molecule has 2 aromatic heterocycles. The van der Waals surface area contributed by atoms with Crippen LogP contribution < -0.4 is 10.1 Å². The Morgan fingerprint density at radius 1 is 1.03 bits per heavy atom. The maximum absolute atomic E-state index is 5.54. The Labute approximate surface area is 171 Å². The molecule has 0 fully saturated rings. The summed E-state index contributed by atoms with van der Waals surface area (Å²) in [6.07, 6.45) is 0. The van der Waals surface area contributed by atoms with Crippen LogP contribution in [0, 0.1) is 6.92 Å². The van der Waals surface area contributed by atoms with Crippen molar-refractivity contribution >= 4 is 17.2 Å². The van der Waals surface area contributed by atoms with E-state index in [0.29, 0.717) is 12.5 Å². The van der Waals surface area contributed by atoms with Gasteiger partial charge in [-0.05, 0) is 49.6 Å². The van der Waals surface area contributed by atoms with Gasteiger partial charge in [-0.3, -0.25) is 0 Å². The molecule has 0 bridgehead atoms. The summed E-state index contributed by atoms with van der Waals surface area (Å²) in [5.74, 6) is 2.06. The molecule has 0 aliphatic heterocycles. The standard InChI is InChI=1S/C24H26N4O/c1-5-29-20-13-11-19(12-14-20)25-22-15-21(16(2)3)26-24-23(17(4)27-28(22)24)18-9-7-6-8-10-18/h6-16,25H,5H2,1-4H3. The quantitative estimate of drug-likeness (QED) is 0.443. The second-order valence-electron chi connectivity index (χ2n) is 7.37. The largest absolute Gasteiger partial charge is 0.494 e. The molecule has 0 spiro atoms. The normalized spacial score (nSPS) is 11.2. The van der Waals surface area contributed by atoms with Gasteiger partial charge in [-0.25, -0.2) is 4.98 Å². The van der Waals surface area contributed by atoms with E-state index >= 15 is 0 Å². The van der Waals surface area contributed by atoms with Gasteiger partial charge in [0.2, 0.25) is 0 Å². The topological polar surface area (TPSA) is 51.5 Å². The number of aromatic nitrogens is 3. The summed E-state index contributed by atoms with van der Waals surface area (Å²) in [6.45, 7) is 8.99. The van der Waals surface area contributed by atoms with Gasteiger partial charge in [0.25, 0.3) is 0 Å². The van der Waals surface area contributed by atoms with Gasteiger partial charge in [-0.1, -0.05) is 44.2 Å². The van der Waals surface area contributed by atoms with E-state index in [1.54, 1.807) is 0 Å². The lowest BCUT2D eigenvalue weighted by Gasteiger charge is -2.13. The zero-order valence-electron chi connectivity index (χ0n) is 17.3. The molecule has 2 heterocycles. The van der Waals surface area contributed by atoms with E-state index in [0.717, 1.165) is 45.4 Å². The average molecular weight is 386 g/mol. The summed E-state index contributed by atoms with van der Waals surface area (Å²) in [4.78, 5) is 4.95. The van der Waals surface area contributed by atoms with E-state index in [9.17, 15) is 0 Å². The van der Waals surface area contributed by atoms with Gasteiger partial charge in [-0.15, -0.1) is 0 Å². The van der Waals surface area contributed by atoms with Crippen LogP contribution in [0.3, 0.4) is 0 Å². The number of hydrogen-bond acceptors (Lipinski definition) is 4. The van der Waals surface area contributed by atoms with Gasteiger partial charge >= 0.3 is 0 Å². The van der Waals surface area contributed by atoms with E-state index in [1.807, 2.05) is 60.8 Å². The van der Waals surface area contributed by atoms with Crippen molar-refractivity contribution in [2.75, 3.05) is 11.9 Å². The van der Waals surface area contributed by atoms with Crippen LogP contribution in [0.4, 0.5) is 11.5 Å². The molecule has 0 atom stereocenters. The molecule has 0 saturated carbocycles. The highest BCUT2D eigenvalue weighted by molar-refractivity contribution is 5.81. The number of rotatable bonds is 6. The highest BCUT2D eigenvalue weighted by atomic mass is 16.5. The number of nitrogens with zero attached hydrogens (tertiary/aromatic N) is 3. The van der Waals surface area contributed by atoms with Gasteiger partial charge in [0.1, 0.15) is 11.6 Å². The zero-order valence-corrected chi connectivity index (χ0v) is 17.3. The average Bonchev–Trinajstić information content (AvgIpc) is 3.06. The lowest BCUT2D eigenvalue weighted by molar-refractivity contribution is 0.340. The minimum absolute atomic E-state index is 0.305. The third-order valence-electron chi connectivity index (χ3n) is 4.88. The molecule has 4 rings (SSSR count). The summed E-state index contributed by atoms with van der Waals surface area (Å²) < 4.78 is 7.45. The molecular formula is C24H26N4O. The summed E-state index contributed by atoms with van der Waals surface area (Å²) in [7, 11) is 0. The smallest absolute Gasteiger partial charge is 0.165 e. The fourth-order valence-electron chi connectivity index (χ4n) is 3.42. The van der Waals surface area contributed by atoms with Gasteiger partial charge in [0.15, 0.2) is 5.65 Å². The molecule has 148 valence electrons. The first-order valence-corrected chi connectivity index (χ1v) is 10.0. The van der Waals surface area contributed by atoms with Gasteiger partial charge in [0, 0.05) is 23.0 Å². The Balaban J connectivity index is 1.83. The number of aryl methyl sites for hydroxylation is 1. The first kappa shape index (κ1) is 19.0. The fourth-order valence-corrected chi connectivity index (χ4v) is 3.42. The van der Waals surface area contributed by atoms with Crippen molar-refractivity contribution in [1.82, 2.24) is 14.6 Å². The molecule has 0 amide bonds. The number of ether oxygens (including phenoxy) is 1. The van der Waals surface area contributed by atoms with E-state index in [2.05, 4.69) is 37.4 Å². The molecule has 5 nitrogen and oxygen atoms in total. The number of benzene rings is 2. The van der Waals surface area contributed by atoms with Gasteiger partial charge < -0.3 is 10.1 Å². The van der Waals surface area contributed by atoms with Crippen molar-refractivity contribution in [2.24, 2.45) is 0 Å². The molecule has 2 aromatic carbocycles. The number of nitrogens with one attached hydrogen (secondary N) is 1.